The van der Waals surface area contributed by atoms with Gasteiger partial charge < -0.3 is 14.9 Å². The highest BCUT2D eigenvalue weighted by Crippen LogP contribution is 2.56. The number of aromatic nitrogens is 5. The molecule has 5 fully saturated rings. The Morgan fingerprint density at radius 2 is 1.71 bits per heavy atom. The van der Waals surface area contributed by atoms with Crippen LogP contribution in [-0.2, 0) is 12.1 Å². The Balaban J connectivity index is 0.853. The van der Waals surface area contributed by atoms with Gasteiger partial charge in [0.25, 0.3) is 6.43 Å². The van der Waals surface area contributed by atoms with E-state index in [9.17, 15) is 18.7 Å². The van der Waals surface area contributed by atoms with Gasteiger partial charge in [-0.2, -0.15) is 10.2 Å². The Morgan fingerprint density at radius 3 is 2.29 bits per heavy atom. The van der Waals surface area contributed by atoms with Gasteiger partial charge in [0.05, 0.1) is 6.04 Å². The third kappa shape index (κ3) is 3.41. The molecule has 35 heavy (non-hydrogen) atoms. The Labute approximate surface area is 202 Å². The predicted molar refractivity (Wildman–Crippen MR) is 119 cm³/mol. The summed E-state index contributed by atoms with van der Waals surface area (Å²) in [5.74, 6) is 0.986. The molecule has 2 aromatic heterocycles. The molecule has 2 spiro atoms. The van der Waals surface area contributed by atoms with Crippen LogP contribution < -0.4 is 0 Å². The number of rotatable bonds is 5. The molecule has 2 amide bonds. The number of hydrogen-bond donors (Lipinski definition) is 1. The van der Waals surface area contributed by atoms with E-state index in [1.807, 2.05) is 21.4 Å². The van der Waals surface area contributed by atoms with Crippen LogP contribution in [0.15, 0.2) is 12.4 Å². The number of amides is 2. The van der Waals surface area contributed by atoms with Crippen LogP contribution in [0.25, 0.3) is 0 Å². The van der Waals surface area contributed by atoms with Crippen molar-refractivity contribution < 1.29 is 18.7 Å². The van der Waals surface area contributed by atoms with E-state index in [-0.39, 0.29) is 22.6 Å². The van der Waals surface area contributed by atoms with E-state index >= 15 is 0 Å². The molecule has 0 bridgehead atoms. The van der Waals surface area contributed by atoms with Crippen molar-refractivity contribution in [3.05, 3.63) is 29.6 Å². The van der Waals surface area contributed by atoms with E-state index in [2.05, 4.69) is 15.2 Å². The smallest absolute Gasteiger partial charge is 0.320 e. The van der Waals surface area contributed by atoms with Crippen molar-refractivity contribution in [2.45, 2.75) is 70.1 Å². The lowest BCUT2D eigenvalue weighted by Crippen LogP contribution is -2.71. The highest BCUT2D eigenvalue weighted by atomic mass is 19.3. The van der Waals surface area contributed by atoms with Crippen molar-refractivity contribution in [1.82, 2.24) is 34.3 Å². The summed E-state index contributed by atoms with van der Waals surface area (Å²) in [6, 6.07) is 1.93. The Hall–Kier alpha value is -2.56. The maximum Gasteiger partial charge on any atom is 0.320 e. The number of aliphatic hydroxyl groups is 1. The summed E-state index contributed by atoms with van der Waals surface area (Å²) in [5, 5.41) is 18.7. The summed E-state index contributed by atoms with van der Waals surface area (Å²) in [7, 11) is 0. The Bertz CT molecular complexity index is 1160. The number of urea groups is 1. The molecule has 2 saturated heterocycles. The van der Waals surface area contributed by atoms with Crippen LogP contribution in [0, 0.1) is 23.7 Å². The van der Waals surface area contributed by atoms with Crippen LogP contribution in [0.5, 0.6) is 0 Å². The van der Waals surface area contributed by atoms with Gasteiger partial charge in [-0.3, -0.25) is 4.68 Å². The van der Waals surface area contributed by atoms with Gasteiger partial charge in [0.1, 0.15) is 17.6 Å². The van der Waals surface area contributed by atoms with Gasteiger partial charge in [-0.05, 0) is 57.4 Å². The third-order valence-corrected chi connectivity index (χ3v) is 9.10. The van der Waals surface area contributed by atoms with Gasteiger partial charge in [-0.15, -0.1) is 0 Å². The van der Waals surface area contributed by atoms with Gasteiger partial charge in [0, 0.05) is 49.2 Å². The van der Waals surface area contributed by atoms with Gasteiger partial charge in [0.15, 0.2) is 5.82 Å². The van der Waals surface area contributed by atoms with E-state index < -0.39 is 12.0 Å². The molecule has 0 radical (unpaired) electrons. The van der Waals surface area contributed by atoms with Crippen LogP contribution >= 0.6 is 0 Å². The molecule has 5 aliphatic rings. The molecule has 2 aliphatic heterocycles. The minimum absolute atomic E-state index is 0.148. The molecule has 0 atom stereocenters. The maximum absolute atomic E-state index is 12.9. The van der Waals surface area contributed by atoms with Crippen molar-refractivity contribution >= 4 is 6.03 Å². The van der Waals surface area contributed by atoms with E-state index in [0.29, 0.717) is 24.3 Å². The molecule has 0 aromatic carbocycles. The topological polar surface area (TPSA) is 92.3 Å². The minimum atomic E-state index is -2.53. The average Bonchev–Trinajstić information content (AvgIpc) is 3.10. The Morgan fingerprint density at radius 1 is 1.09 bits per heavy atom. The normalized spacial score (nSPS) is 26.0. The number of carbonyl (C=O) groups is 1. The Kier molecular flexibility index (Phi) is 4.35. The highest BCUT2D eigenvalue weighted by Gasteiger charge is 2.59. The zero-order valence-electron chi connectivity index (χ0n) is 19.9. The fourth-order valence-corrected chi connectivity index (χ4v) is 7.01. The van der Waals surface area contributed by atoms with Gasteiger partial charge in [0.2, 0.25) is 0 Å². The maximum atomic E-state index is 12.9. The minimum Gasteiger partial charge on any atom is -0.382 e. The molecule has 2 aromatic rings. The summed E-state index contributed by atoms with van der Waals surface area (Å²) in [5.41, 5.74) is 0.266. The third-order valence-electron chi connectivity index (χ3n) is 9.10. The lowest BCUT2D eigenvalue weighted by molar-refractivity contribution is -0.109. The first-order chi connectivity index (χ1) is 16.6. The number of carbonyl (C=O) groups excluding carboxylic acids is 1. The van der Waals surface area contributed by atoms with Crippen LogP contribution in [0.2, 0.25) is 0 Å². The van der Waals surface area contributed by atoms with Crippen molar-refractivity contribution in [3.63, 3.8) is 0 Å². The van der Waals surface area contributed by atoms with E-state index in [0.717, 1.165) is 70.4 Å². The number of likely N-dealkylation sites (tertiary alicyclic amines) is 2. The first kappa shape index (κ1) is 21.7. The van der Waals surface area contributed by atoms with Crippen molar-refractivity contribution in [1.29, 1.82) is 0 Å². The van der Waals surface area contributed by atoms with Crippen molar-refractivity contribution in [2.75, 3.05) is 26.2 Å². The summed E-state index contributed by atoms with van der Waals surface area (Å²) >= 11 is 0. The highest BCUT2D eigenvalue weighted by molar-refractivity contribution is 5.77. The second-order valence-corrected chi connectivity index (χ2v) is 12.1. The average molecular weight is 488 g/mol. The van der Waals surface area contributed by atoms with Crippen molar-refractivity contribution in [3.8, 4) is 0 Å². The lowest BCUT2D eigenvalue weighted by atomic mass is 9.57. The quantitative estimate of drug-likeness (QED) is 0.700. The molecule has 7 rings (SSSR count). The monoisotopic (exact) mass is 487 g/mol. The molecular weight excluding hydrogens is 456 g/mol. The number of halogens is 2. The molecule has 1 N–H and O–H groups in total. The molecule has 9 nitrogen and oxygen atoms in total. The first-order valence-electron chi connectivity index (χ1n) is 12.7. The number of nitrogens with zero attached hydrogens (tertiary/aromatic N) is 7. The van der Waals surface area contributed by atoms with Crippen molar-refractivity contribution in [2.24, 2.45) is 16.7 Å². The first-order valence-corrected chi connectivity index (χ1v) is 12.7. The van der Waals surface area contributed by atoms with Crippen LogP contribution in [0.1, 0.15) is 68.2 Å². The standard InChI is InChI=1S/C24H31F2N7O2/c1-15-4-18(19(25)26)28-32(15)9-16-5-22(6-16)10-30(11-22)21(34)31-12-23(13-31)7-17(8-23)33-14-27-20(29-33)24(35)2-3-24/h4,14,16-17,19,35H,2-3,5-13H2,1H3. The van der Waals surface area contributed by atoms with Gasteiger partial charge in [-0.1, -0.05) is 0 Å². The SMILES string of the molecule is Cc1cc(C(F)F)nn1CC1CC2(C1)CN(C(=O)N1CC3(CC(n4cnc(C5(O)CC5)n4)C3)C1)C2. The molecule has 11 heteroatoms. The summed E-state index contributed by atoms with van der Waals surface area (Å²) in [6.07, 6.45) is 4.76. The predicted octanol–water partition coefficient (Wildman–Crippen LogP) is 2.87. The summed E-state index contributed by atoms with van der Waals surface area (Å²) in [6.45, 7) is 5.73. The second kappa shape index (κ2) is 7.02. The van der Waals surface area contributed by atoms with Crippen LogP contribution in [-0.4, -0.2) is 71.7 Å². The van der Waals surface area contributed by atoms with Crippen LogP contribution in [0.3, 0.4) is 0 Å². The molecule has 188 valence electrons. The number of alkyl halides is 2. The fraction of sp³-hybridized carbons (Fsp3) is 0.750. The largest absolute Gasteiger partial charge is 0.382 e. The van der Waals surface area contributed by atoms with Gasteiger partial charge in [-0.25, -0.2) is 23.2 Å². The van der Waals surface area contributed by atoms with E-state index in [1.54, 1.807) is 11.0 Å². The van der Waals surface area contributed by atoms with E-state index in [1.165, 1.54) is 6.07 Å². The van der Waals surface area contributed by atoms with E-state index in [4.69, 9.17) is 0 Å². The van der Waals surface area contributed by atoms with Gasteiger partial charge >= 0.3 is 6.03 Å². The number of hydrogen-bond acceptors (Lipinski definition) is 5. The molecule has 3 saturated carbocycles. The zero-order valence-corrected chi connectivity index (χ0v) is 19.9. The molecule has 4 heterocycles. The number of aryl methyl sites for hydroxylation is 1. The fourth-order valence-electron chi connectivity index (χ4n) is 7.01. The summed E-state index contributed by atoms with van der Waals surface area (Å²) < 4.78 is 29.4. The second-order valence-electron chi connectivity index (χ2n) is 12.1. The molecule has 3 aliphatic carbocycles. The molecular formula is C24H31F2N7O2. The molecule has 0 unspecified atom stereocenters. The van der Waals surface area contributed by atoms with Crippen LogP contribution in [0.4, 0.5) is 13.6 Å². The lowest BCUT2D eigenvalue weighted by Gasteiger charge is -2.63. The zero-order chi connectivity index (χ0) is 24.2. The summed E-state index contributed by atoms with van der Waals surface area (Å²) in [4.78, 5) is 21.2.